The van der Waals surface area contributed by atoms with Crippen LogP contribution in [0.3, 0.4) is 0 Å². The molecular weight excluding hydrogens is 199 g/mol. The minimum absolute atomic E-state index is 0.257. The monoisotopic (exact) mass is 204 g/mol. The van der Waals surface area contributed by atoms with E-state index < -0.39 is 26.0 Å². The summed E-state index contributed by atoms with van der Waals surface area (Å²) in [5, 5.41) is 21.2. The lowest BCUT2D eigenvalue weighted by atomic mass is 10.4. The molecule has 0 aliphatic rings. The molecule has 0 aliphatic carbocycles. The standard InChI is InChI=1S/C5H7N2O5P/c8-4-3(2-13(10,11)12)1-6-5(9)7-4/h1H,2H2,(H2,10,11,12)(H2,6,7,8,9)/p-2. The van der Waals surface area contributed by atoms with Gasteiger partial charge in [-0.15, -0.1) is 0 Å². The Balaban J connectivity index is 2.90. The molecule has 1 rings (SSSR count). The molecular formula is C5H5N2O5P-2. The Labute approximate surface area is 73.6 Å². The van der Waals surface area contributed by atoms with Gasteiger partial charge < -0.3 is 15.1 Å². The van der Waals surface area contributed by atoms with Crippen LogP contribution in [0.1, 0.15) is 5.56 Å². The second-order valence-electron chi connectivity index (χ2n) is 2.31. The van der Waals surface area contributed by atoms with Crippen molar-refractivity contribution in [2.45, 2.75) is 6.16 Å². The summed E-state index contributed by atoms with van der Waals surface area (Å²) in [5.41, 5.74) is -0.257. The van der Waals surface area contributed by atoms with E-state index in [4.69, 9.17) is 9.79 Å². The van der Waals surface area contributed by atoms with Crippen LogP contribution in [0.15, 0.2) is 6.20 Å². The van der Waals surface area contributed by atoms with Crippen molar-refractivity contribution < 1.29 is 24.9 Å². The van der Waals surface area contributed by atoms with Crippen molar-refractivity contribution in [1.82, 2.24) is 9.97 Å². The van der Waals surface area contributed by atoms with Crippen LogP contribution >= 0.6 is 7.94 Å². The molecule has 1 aromatic rings. The van der Waals surface area contributed by atoms with E-state index in [9.17, 15) is 15.1 Å². The largest absolute Gasteiger partial charge is 0.858 e. The van der Waals surface area contributed by atoms with Crippen molar-refractivity contribution in [3.8, 4) is 11.9 Å². The first-order valence-corrected chi connectivity index (χ1v) is 4.93. The van der Waals surface area contributed by atoms with E-state index in [1.165, 1.54) is 0 Å². The van der Waals surface area contributed by atoms with E-state index in [1.807, 2.05) is 0 Å². The van der Waals surface area contributed by atoms with Crippen LogP contribution in [0, 0.1) is 0 Å². The summed E-state index contributed by atoms with van der Waals surface area (Å²) in [6.07, 6.45) is 0.0862. The lowest BCUT2D eigenvalue weighted by Crippen LogP contribution is -2.13. The molecule has 1 aromatic heterocycles. The molecule has 0 unspecified atom stereocenters. The minimum atomic E-state index is -4.31. The maximum absolute atomic E-state index is 10.8. The Bertz CT molecular complexity index is 312. The number of aromatic nitrogens is 2. The van der Waals surface area contributed by atoms with Crippen molar-refractivity contribution >= 4 is 7.94 Å². The Morgan fingerprint density at radius 3 is 2.46 bits per heavy atom. The lowest BCUT2D eigenvalue weighted by Gasteiger charge is -2.19. The zero-order valence-corrected chi connectivity index (χ0v) is 7.14. The highest BCUT2D eigenvalue weighted by Crippen LogP contribution is 2.44. The fraction of sp³-hybridized carbons (Fsp3) is 0.200. The van der Waals surface area contributed by atoms with E-state index in [0.717, 1.165) is 6.20 Å². The van der Waals surface area contributed by atoms with Gasteiger partial charge in [-0.2, -0.15) is 0 Å². The normalized spacial score (nSPS) is 11.6. The zero-order chi connectivity index (χ0) is 10.1. The van der Waals surface area contributed by atoms with Crippen LogP contribution in [0.4, 0.5) is 0 Å². The van der Waals surface area contributed by atoms with Gasteiger partial charge in [0.05, 0.1) is 6.01 Å². The zero-order valence-electron chi connectivity index (χ0n) is 6.25. The third-order valence-corrected chi connectivity index (χ3v) is 1.93. The summed E-state index contributed by atoms with van der Waals surface area (Å²) >= 11 is 0. The Hall–Kier alpha value is -1.01. The van der Waals surface area contributed by atoms with Crippen molar-refractivity contribution in [3.63, 3.8) is 0 Å². The average molecular weight is 204 g/mol. The molecule has 0 spiro atoms. The SMILES string of the molecule is [O-]c1ncc(C[P+]([O-])(O)O)c([O-])n1. The van der Waals surface area contributed by atoms with Gasteiger partial charge in [0.25, 0.3) is 0 Å². The van der Waals surface area contributed by atoms with Gasteiger partial charge in [-0.25, -0.2) is 9.79 Å². The van der Waals surface area contributed by atoms with Gasteiger partial charge in [-0.1, -0.05) is 0 Å². The van der Waals surface area contributed by atoms with Gasteiger partial charge in [-0.05, 0) is 5.88 Å². The molecule has 13 heavy (non-hydrogen) atoms. The van der Waals surface area contributed by atoms with E-state index in [0.29, 0.717) is 0 Å². The molecule has 0 fully saturated rings. The number of rotatable bonds is 2. The summed E-state index contributed by atoms with van der Waals surface area (Å²) < 4.78 is 0. The molecule has 0 aliphatic heterocycles. The van der Waals surface area contributed by atoms with Gasteiger partial charge in [-0.3, -0.25) is 9.97 Å². The maximum Gasteiger partial charge on any atom is 0.234 e. The molecule has 0 aromatic carbocycles. The fourth-order valence-electron chi connectivity index (χ4n) is 0.706. The summed E-state index contributed by atoms with van der Waals surface area (Å²) in [6.45, 7) is 0. The summed E-state index contributed by atoms with van der Waals surface area (Å²) in [4.78, 5) is 33.5. The van der Waals surface area contributed by atoms with Crippen LogP contribution < -0.4 is 15.1 Å². The Morgan fingerprint density at radius 1 is 1.38 bits per heavy atom. The first kappa shape index (κ1) is 10.1. The maximum atomic E-state index is 10.8. The van der Waals surface area contributed by atoms with E-state index in [-0.39, 0.29) is 5.56 Å². The predicted octanol–water partition coefficient (Wildman–Crippen LogP) is -2.77. The van der Waals surface area contributed by atoms with Gasteiger partial charge >= 0.3 is 0 Å². The van der Waals surface area contributed by atoms with Crippen LogP contribution in [0.2, 0.25) is 0 Å². The predicted molar refractivity (Wildman–Crippen MR) is 36.0 cm³/mol. The molecule has 7 nitrogen and oxygen atoms in total. The molecule has 8 heteroatoms. The fourth-order valence-corrected chi connectivity index (χ4v) is 1.37. The smallest absolute Gasteiger partial charge is 0.234 e. The van der Waals surface area contributed by atoms with Gasteiger partial charge in [0.1, 0.15) is 6.16 Å². The lowest BCUT2D eigenvalue weighted by molar-refractivity contribution is -0.298. The molecule has 0 radical (unpaired) electrons. The van der Waals surface area contributed by atoms with E-state index >= 15 is 0 Å². The topological polar surface area (TPSA) is 135 Å². The van der Waals surface area contributed by atoms with Crippen LogP contribution in [0.5, 0.6) is 11.9 Å². The number of hydrogen-bond donors (Lipinski definition) is 2. The van der Waals surface area contributed by atoms with E-state index in [1.54, 1.807) is 0 Å². The first-order chi connectivity index (χ1) is 5.88. The minimum Gasteiger partial charge on any atom is -0.858 e. The third-order valence-electron chi connectivity index (χ3n) is 1.18. The quantitative estimate of drug-likeness (QED) is 0.497. The number of nitrogens with zero attached hydrogens (tertiary/aromatic N) is 2. The summed E-state index contributed by atoms with van der Waals surface area (Å²) in [5.74, 6) is -0.941. The molecule has 0 bridgehead atoms. The van der Waals surface area contributed by atoms with Gasteiger partial charge in [0, 0.05) is 11.8 Å². The van der Waals surface area contributed by atoms with Crippen molar-refractivity contribution in [2.75, 3.05) is 0 Å². The molecule has 0 saturated carbocycles. The van der Waals surface area contributed by atoms with Crippen molar-refractivity contribution in [3.05, 3.63) is 11.8 Å². The number of hydrogen-bond acceptors (Lipinski definition) is 7. The van der Waals surface area contributed by atoms with Gasteiger partial charge in [0.15, 0.2) is 0 Å². The Kier molecular flexibility index (Phi) is 2.63. The van der Waals surface area contributed by atoms with Crippen molar-refractivity contribution in [2.24, 2.45) is 0 Å². The molecule has 0 saturated heterocycles. The van der Waals surface area contributed by atoms with Gasteiger partial charge in [0.2, 0.25) is 7.94 Å². The highest BCUT2D eigenvalue weighted by molar-refractivity contribution is 7.56. The highest BCUT2D eigenvalue weighted by Gasteiger charge is 2.19. The van der Waals surface area contributed by atoms with Crippen LogP contribution in [0.25, 0.3) is 0 Å². The average Bonchev–Trinajstić information content (AvgIpc) is 1.93. The second kappa shape index (κ2) is 3.39. The molecule has 72 valence electrons. The van der Waals surface area contributed by atoms with E-state index in [2.05, 4.69) is 9.97 Å². The highest BCUT2D eigenvalue weighted by atomic mass is 31.2. The van der Waals surface area contributed by atoms with Crippen LogP contribution in [-0.4, -0.2) is 19.8 Å². The molecule has 1 heterocycles. The molecule has 2 N–H and O–H groups in total. The first-order valence-electron chi connectivity index (χ1n) is 3.13. The summed E-state index contributed by atoms with van der Waals surface area (Å²) in [6, 6.07) is -0.959. The van der Waals surface area contributed by atoms with Crippen molar-refractivity contribution in [1.29, 1.82) is 0 Å². The Morgan fingerprint density at radius 2 is 2.00 bits per heavy atom. The summed E-state index contributed by atoms with van der Waals surface area (Å²) in [7, 11) is -4.31. The second-order valence-corrected chi connectivity index (χ2v) is 3.95. The third kappa shape index (κ3) is 3.08. The molecule has 0 amide bonds. The molecule has 0 atom stereocenters. The van der Waals surface area contributed by atoms with Crippen LogP contribution in [-0.2, 0) is 6.16 Å².